The number of hydrogen-bond donors (Lipinski definition) is 2. The predicted molar refractivity (Wildman–Crippen MR) is 72.7 cm³/mol. The van der Waals surface area contributed by atoms with Gasteiger partial charge >= 0.3 is 0 Å². The van der Waals surface area contributed by atoms with Gasteiger partial charge in [0.2, 0.25) is 0 Å². The molecule has 19 heavy (non-hydrogen) atoms. The topological polar surface area (TPSA) is 70.7 Å². The van der Waals surface area contributed by atoms with E-state index in [4.69, 9.17) is 0 Å². The average Bonchev–Trinajstić information content (AvgIpc) is 2.91. The van der Waals surface area contributed by atoms with E-state index in [0.29, 0.717) is 11.3 Å². The van der Waals surface area contributed by atoms with Crippen molar-refractivity contribution in [3.8, 4) is 11.1 Å². The van der Waals surface area contributed by atoms with Gasteiger partial charge in [0.1, 0.15) is 11.3 Å². The van der Waals surface area contributed by atoms with Gasteiger partial charge in [0.25, 0.3) is 5.91 Å². The number of rotatable bonds is 2. The molecule has 0 aliphatic rings. The van der Waals surface area contributed by atoms with E-state index < -0.39 is 0 Å². The Kier molecular flexibility index (Phi) is 2.72. The van der Waals surface area contributed by atoms with Crippen molar-refractivity contribution in [2.24, 2.45) is 0 Å². The van der Waals surface area contributed by atoms with Crippen molar-refractivity contribution in [3.63, 3.8) is 0 Å². The van der Waals surface area contributed by atoms with E-state index >= 15 is 0 Å². The van der Waals surface area contributed by atoms with E-state index in [9.17, 15) is 4.79 Å². The highest BCUT2D eigenvalue weighted by atomic mass is 16.1. The van der Waals surface area contributed by atoms with Crippen LogP contribution in [0.15, 0.2) is 42.9 Å². The van der Waals surface area contributed by atoms with Crippen molar-refractivity contribution < 1.29 is 4.79 Å². The molecule has 0 spiro atoms. The zero-order valence-corrected chi connectivity index (χ0v) is 10.3. The van der Waals surface area contributed by atoms with Gasteiger partial charge in [-0.05, 0) is 23.8 Å². The third-order valence-corrected chi connectivity index (χ3v) is 2.98. The Morgan fingerprint density at radius 3 is 2.95 bits per heavy atom. The molecular formula is C14H12N4O. The maximum absolute atomic E-state index is 11.6. The van der Waals surface area contributed by atoms with Gasteiger partial charge in [0.15, 0.2) is 0 Å². The summed E-state index contributed by atoms with van der Waals surface area (Å²) in [5.74, 6) is -0.157. The summed E-state index contributed by atoms with van der Waals surface area (Å²) in [6.45, 7) is 0. The maximum atomic E-state index is 11.6. The number of hydrogen-bond acceptors (Lipinski definition) is 3. The zero-order valence-electron chi connectivity index (χ0n) is 10.3. The second-order valence-corrected chi connectivity index (χ2v) is 4.12. The molecule has 3 aromatic heterocycles. The number of amides is 1. The Bertz CT molecular complexity index is 734. The second-order valence-electron chi connectivity index (χ2n) is 4.12. The molecule has 0 aliphatic carbocycles. The van der Waals surface area contributed by atoms with Crippen LogP contribution in [-0.2, 0) is 0 Å². The van der Waals surface area contributed by atoms with Gasteiger partial charge in [0, 0.05) is 36.6 Å². The van der Waals surface area contributed by atoms with Crippen LogP contribution in [0.3, 0.4) is 0 Å². The van der Waals surface area contributed by atoms with Crippen LogP contribution in [-0.4, -0.2) is 27.9 Å². The predicted octanol–water partition coefficient (Wildman–Crippen LogP) is 1.98. The molecule has 3 heterocycles. The maximum Gasteiger partial charge on any atom is 0.267 e. The van der Waals surface area contributed by atoms with E-state index in [2.05, 4.69) is 20.3 Å². The number of carbonyl (C=O) groups excluding carboxylic acids is 1. The SMILES string of the molecule is CNC(=O)c1cc2c(-c3cccnc3)ccnc2[nH]1. The highest BCUT2D eigenvalue weighted by molar-refractivity contribution is 6.01. The van der Waals surface area contributed by atoms with E-state index in [1.807, 2.05) is 24.3 Å². The summed E-state index contributed by atoms with van der Waals surface area (Å²) in [5, 5.41) is 3.50. The average molecular weight is 252 g/mol. The number of aromatic nitrogens is 3. The van der Waals surface area contributed by atoms with Gasteiger partial charge in [-0.3, -0.25) is 9.78 Å². The van der Waals surface area contributed by atoms with E-state index in [0.717, 1.165) is 16.5 Å². The fourth-order valence-corrected chi connectivity index (χ4v) is 2.06. The number of nitrogens with one attached hydrogen (secondary N) is 2. The van der Waals surface area contributed by atoms with Crippen LogP contribution in [0.5, 0.6) is 0 Å². The molecule has 2 N–H and O–H groups in total. The second kappa shape index (κ2) is 4.53. The number of nitrogens with zero attached hydrogens (tertiary/aromatic N) is 2. The molecule has 0 unspecified atom stereocenters. The van der Waals surface area contributed by atoms with Crippen molar-refractivity contribution in [1.29, 1.82) is 0 Å². The summed E-state index contributed by atoms with van der Waals surface area (Å²) in [4.78, 5) is 23.0. The molecule has 0 bridgehead atoms. The molecule has 0 fully saturated rings. The van der Waals surface area contributed by atoms with Crippen molar-refractivity contribution in [2.45, 2.75) is 0 Å². The lowest BCUT2D eigenvalue weighted by atomic mass is 10.1. The first-order valence-corrected chi connectivity index (χ1v) is 5.90. The molecule has 3 rings (SSSR count). The lowest BCUT2D eigenvalue weighted by molar-refractivity contribution is 0.0959. The van der Waals surface area contributed by atoms with Crippen molar-refractivity contribution in [1.82, 2.24) is 20.3 Å². The molecule has 0 saturated carbocycles. The lowest BCUT2D eigenvalue weighted by Gasteiger charge is -2.01. The molecule has 0 saturated heterocycles. The van der Waals surface area contributed by atoms with Crippen LogP contribution in [0.25, 0.3) is 22.2 Å². The summed E-state index contributed by atoms with van der Waals surface area (Å²) in [6.07, 6.45) is 5.24. The summed E-state index contributed by atoms with van der Waals surface area (Å²) in [6, 6.07) is 7.59. The molecular weight excluding hydrogens is 240 g/mol. The van der Waals surface area contributed by atoms with E-state index in [-0.39, 0.29) is 5.91 Å². The molecule has 94 valence electrons. The Hall–Kier alpha value is -2.69. The first-order chi connectivity index (χ1) is 9.29. The van der Waals surface area contributed by atoms with Gasteiger partial charge < -0.3 is 10.3 Å². The van der Waals surface area contributed by atoms with Gasteiger partial charge in [0.05, 0.1) is 0 Å². The third kappa shape index (κ3) is 1.95. The molecule has 3 aromatic rings. The standard InChI is InChI=1S/C14H12N4O/c1-15-14(19)12-7-11-10(4-6-17-13(11)18-12)9-3-2-5-16-8-9/h2-8H,1H3,(H,15,19)(H,17,18). The monoisotopic (exact) mass is 252 g/mol. The number of fused-ring (bicyclic) bond motifs is 1. The minimum Gasteiger partial charge on any atom is -0.354 e. The van der Waals surface area contributed by atoms with E-state index in [1.165, 1.54) is 0 Å². The first-order valence-electron chi connectivity index (χ1n) is 5.90. The third-order valence-electron chi connectivity index (χ3n) is 2.98. The van der Waals surface area contributed by atoms with E-state index in [1.54, 1.807) is 25.6 Å². The number of carbonyl (C=O) groups is 1. The molecule has 0 aliphatic heterocycles. The van der Waals surface area contributed by atoms with Crippen LogP contribution in [0, 0.1) is 0 Å². The zero-order chi connectivity index (χ0) is 13.2. The highest BCUT2D eigenvalue weighted by Crippen LogP contribution is 2.27. The number of aromatic amines is 1. The quantitative estimate of drug-likeness (QED) is 0.732. The normalized spacial score (nSPS) is 10.6. The molecule has 5 nitrogen and oxygen atoms in total. The molecule has 0 aromatic carbocycles. The van der Waals surface area contributed by atoms with Crippen molar-refractivity contribution in [2.75, 3.05) is 7.05 Å². The Morgan fingerprint density at radius 2 is 2.21 bits per heavy atom. The smallest absolute Gasteiger partial charge is 0.267 e. The Balaban J connectivity index is 2.21. The largest absolute Gasteiger partial charge is 0.354 e. The van der Waals surface area contributed by atoms with Crippen LogP contribution in [0.1, 0.15) is 10.5 Å². The van der Waals surface area contributed by atoms with Crippen LogP contribution in [0.2, 0.25) is 0 Å². The summed E-state index contributed by atoms with van der Waals surface area (Å²) in [5.41, 5.74) is 3.20. The summed E-state index contributed by atoms with van der Waals surface area (Å²) < 4.78 is 0. The molecule has 0 atom stereocenters. The number of pyridine rings is 2. The first kappa shape index (κ1) is 11.4. The summed E-state index contributed by atoms with van der Waals surface area (Å²) >= 11 is 0. The summed E-state index contributed by atoms with van der Waals surface area (Å²) in [7, 11) is 1.60. The minimum atomic E-state index is -0.157. The minimum absolute atomic E-state index is 0.157. The van der Waals surface area contributed by atoms with Crippen LogP contribution < -0.4 is 5.32 Å². The van der Waals surface area contributed by atoms with Gasteiger partial charge in [-0.2, -0.15) is 0 Å². The van der Waals surface area contributed by atoms with Gasteiger partial charge in [-0.25, -0.2) is 4.98 Å². The number of H-pyrrole nitrogens is 1. The fourth-order valence-electron chi connectivity index (χ4n) is 2.06. The van der Waals surface area contributed by atoms with Gasteiger partial charge in [-0.15, -0.1) is 0 Å². The van der Waals surface area contributed by atoms with Crippen LogP contribution in [0.4, 0.5) is 0 Å². The van der Waals surface area contributed by atoms with Crippen LogP contribution >= 0.6 is 0 Å². The molecule has 1 amide bonds. The highest BCUT2D eigenvalue weighted by Gasteiger charge is 2.11. The fraction of sp³-hybridized carbons (Fsp3) is 0.0714. The van der Waals surface area contributed by atoms with Gasteiger partial charge in [-0.1, -0.05) is 6.07 Å². The van der Waals surface area contributed by atoms with Crippen molar-refractivity contribution >= 4 is 16.9 Å². The molecule has 0 radical (unpaired) electrons. The molecule has 5 heteroatoms. The Labute approximate surface area is 109 Å². The lowest BCUT2D eigenvalue weighted by Crippen LogP contribution is -2.17. The Morgan fingerprint density at radius 1 is 1.32 bits per heavy atom. The van der Waals surface area contributed by atoms with Crippen molar-refractivity contribution in [3.05, 3.63) is 48.5 Å².